The van der Waals surface area contributed by atoms with Gasteiger partial charge >= 0.3 is 5.97 Å². The number of allylic oxidation sites excluding steroid dienone is 1. The van der Waals surface area contributed by atoms with E-state index in [0.29, 0.717) is 18.5 Å². The molecule has 0 spiro atoms. The second-order valence-electron chi connectivity index (χ2n) is 8.67. The number of aromatic nitrogens is 2. The van der Waals surface area contributed by atoms with Gasteiger partial charge in [-0.3, -0.25) is 4.79 Å². The Morgan fingerprint density at radius 3 is 2.44 bits per heavy atom. The number of carboxylic acids is 1. The minimum Gasteiger partial charge on any atom is -0.503 e. The zero-order chi connectivity index (χ0) is 22.7. The summed E-state index contributed by atoms with van der Waals surface area (Å²) in [6, 6.07) is 8.72. The van der Waals surface area contributed by atoms with Crippen molar-refractivity contribution in [3.63, 3.8) is 0 Å². The summed E-state index contributed by atoms with van der Waals surface area (Å²) in [5.41, 5.74) is 3.06. The van der Waals surface area contributed by atoms with Crippen molar-refractivity contribution in [2.45, 2.75) is 39.0 Å². The predicted octanol–water partition coefficient (Wildman–Crippen LogP) is 2.97. The van der Waals surface area contributed by atoms with Crippen molar-refractivity contribution in [3.8, 4) is 5.75 Å². The van der Waals surface area contributed by atoms with E-state index in [1.54, 1.807) is 6.92 Å². The summed E-state index contributed by atoms with van der Waals surface area (Å²) in [6.07, 6.45) is 6.44. The van der Waals surface area contributed by atoms with Crippen molar-refractivity contribution >= 4 is 23.4 Å². The molecule has 168 valence electrons. The first kappa shape index (κ1) is 21.8. The molecule has 0 amide bonds. The molecule has 32 heavy (non-hydrogen) atoms. The van der Waals surface area contributed by atoms with Gasteiger partial charge in [-0.2, -0.15) is 0 Å². The summed E-state index contributed by atoms with van der Waals surface area (Å²) in [7, 11) is 0. The van der Waals surface area contributed by atoms with Gasteiger partial charge in [-0.1, -0.05) is 12.1 Å². The van der Waals surface area contributed by atoms with E-state index in [1.165, 1.54) is 29.6 Å². The number of rotatable bonds is 8. The Morgan fingerprint density at radius 1 is 1.16 bits per heavy atom. The fourth-order valence-electron chi connectivity index (χ4n) is 4.33. The lowest BCUT2D eigenvalue weighted by atomic mass is 9.92. The second-order valence-corrected chi connectivity index (χ2v) is 8.67. The summed E-state index contributed by atoms with van der Waals surface area (Å²) in [5.74, 6) is 1.29. The molecular formula is C24H28N4O4. The Kier molecular flexibility index (Phi) is 6.42. The topological polar surface area (TPSA) is 107 Å². The molecular weight excluding hydrogens is 408 g/mol. The Labute approximate surface area is 187 Å². The number of aromatic hydroxyl groups is 1. The molecule has 0 radical (unpaired) electrons. The third kappa shape index (κ3) is 4.92. The molecule has 2 heterocycles. The fraction of sp³-hybridized carbons (Fsp3) is 0.458. The van der Waals surface area contributed by atoms with Crippen LogP contribution in [-0.2, 0) is 16.0 Å². The number of aliphatic carboxylic acids is 1. The number of anilines is 2. The minimum absolute atomic E-state index is 0.0203. The van der Waals surface area contributed by atoms with E-state index in [9.17, 15) is 19.8 Å². The number of carbonyl (C=O) groups is 1. The highest BCUT2D eigenvalue weighted by molar-refractivity contribution is 5.78. The molecule has 1 aromatic carbocycles. The van der Waals surface area contributed by atoms with Crippen molar-refractivity contribution < 1.29 is 19.8 Å². The highest BCUT2D eigenvalue weighted by Crippen LogP contribution is 2.35. The van der Waals surface area contributed by atoms with Crippen LogP contribution >= 0.6 is 0 Å². The van der Waals surface area contributed by atoms with E-state index in [4.69, 9.17) is 0 Å². The van der Waals surface area contributed by atoms with Gasteiger partial charge in [0.1, 0.15) is 24.5 Å². The van der Waals surface area contributed by atoms with Gasteiger partial charge < -0.3 is 20.0 Å². The molecule has 0 atom stereocenters. The van der Waals surface area contributed by atoms with Gasteiger partial charge in [0.05, 0.1) is 5.69 Å². The van der Waals surface area contributed by atoms with Crippen molar-refractivity contribution in [2.24, 2.45) is 11.8 Å². The van der Waals surface area contributed by atoms with E-state index in [-0.39, 0.29) is 23.2 Å². The van der Waals surface area contributed by atoms with Crippen molar-refractivity contribution in [2.75, 3.05) is 29.4 Å². The highest BCUT2D eigenvalue weighted by Gasteiger charge is 2.31. The number of benzene rings is 1. The zero-order valence-corrected chi connectivity index (χ0v) is 18.2. The predicted molar refractivity (Wildman–Crippen MR) is 120 cm³/mol. The smallest absolute Gasteiger partial charge is 0.323 e. The number of carboxylic acid groups (broad SMARTS) is 1. The van der Waals surface area contributed by atoms with Gasteiger partial charge in [-0.05, 0) is 62.6 Å². The van der Waals surface area contributed by atoms with Crippen molar-refractivity contribution in [1.82, 2.24) is 9.97 Å². The second kappa shape index (κ2) is 9.40. The van der Waals surface area contributed by atoms with Crippen LogP contribution in [0, 0.1) is 18.8 Å². The van der Waals surface area contributed by atoms with Gasteiger partial charge in [0.25, 0.3) is 0 Å². The quantitative estimate of drug-likeness (QED) is 0.609. The highest BCUT2D eigenvalue weighted by atomic mass is 16.4. The Hall–Kier alpha value is -3.38. The first-order valence-electron chi connectivity index (χ1n) is 11.0. The molecule has 0 bridgehead atoms. The Morgan fingerprint density at radius 2 is 1.84 bits per heavy atom. The summed E-state index contributed by atoms with van der Waals surface area (Å²) >= 11 is 0. The van der Waals surface area contributed by atoms with E-state index in [2.05, 4.69) is 39.1 Å². The van der Waals surface area contributed by atoms with Crippen LogP contribution in [0.4, 0.5) is 11.5 Å². The molecule has 8 nitrogen and oxygen atoms in total. The van der Waals surface area contributed by atoms with Crippen LogP contribution in [0.25, 0.3) is 0 Å². The van der Waals surface area contributed by atoms with Crippen LogP contribution in [0.2, 0.25) is 0 Å². The van der Waals surface area contributed by atoms with E-state index in [0.717, 1.165) is 31.1 Å². The summed E-state index contributed by atoms with van der Waals surface area (Å²) < 4.78 is 0. The van der Waals surface area contributed by atoms with Crippen LogP contribution < -0.4 is 9.80 Å². The van der Waals surface area contributed by atoms with Crippen LogP contribution in [0.15, 0.2) is 36.3 Å². The lowest BCUT2D eigenvalue weighted by Crippen LogP contribution is -2.39. The largest absolute Gasteiger partial charge is 0.503 e. The zero-order valence-electron chi connectivity index (χ0n) is 18.2. The van der Waals surface area contributed by atoms with Gasteiger partial charge in [-0.15, -0.1) is 0 Å². The van der Waals surface area contributed by atoms with Gasteiger partial charge in [-0.25, -0.2) is 14.8 Å². The van der Waals surface area contributed by atoms with Crippen LogP contribution in [0.1, 0.15) is 36.9 Å². The van der Waals surface area contributed by atoms with Crippen LogP contribution in [-0.4, -0.2) is 51.7 Å². The third-order valence-corrected chi connectivity index (χ3v) is 6.33. The molecule has 1 aliphatic heterocycles. The van der Waals surface area contributed by atoms with Crippen molar-refractivity contribution in [1.29, 1.82) is 0 Å². The minimum atomic E-state index is -1.13. The normalized spacial score (nSPS) is 16.5. The SMILES string of the molecule is Cc1ncnc(N(CC(=O)O)C(=C=O)C2CCN(c3ccc(CC4CC4)cc3)CC2)c1O. The average Bonchev–Trinajstić information content (AvgIpc) is 3.60. The maximum atomic E-state index is 11.9. The number of carbonyl (C=O) groups excluding carboxylic acids is 1. The molecule has 2 aliphatic rings. The lowest BCUT2D eigenvalue weighted by molar-refractivity contribution is -0.135. The molecule has 0 unspecified atom stereocenters. The maximum Gasteiger partial charge on any atom is 0.323 e. The third-order valence-electron chi connectivity index (χ3n) is 6.33. The molecule has 4 rings (SSSR count). The Bertz CT molecular complexity index is 1020. The standard InChI is InChI=1S/C24H28N4O4/c1-16-23(32)24(26-15-25-16)28(13-22(30)31)21(14-29)19-8-10-27(11-9-19)20-6-4-18(5-7-20)12-17-2-3-17/h4-7,15,17,19,32H,2-3,8-13H2,1H3,(H,30,31). The number of hydrogen-bond donors (Lipinski definition) is 2. The van der Waals surface area contributed by atoms with Crippen LogP contribution in [0.3, 0.4) is 0 Å². The molecule has 8 heteroatoms. The van der Waals surface area contributed by atoms with Gasteiger partial charge in [0, 0.05) is 24.7 Å². The monoisotopic (exact) mass is 436 g/mol. The summed E-state index contributed by atoms with van der Waals surface area (Å²) in [5, 5.41) is 19.8. The average molecular weight is 437 g/mol. The molecule has 1 saturated heterocycles. The van der Waals surface area contributed by atoms with Gasteiger partial charge in [0.2, 0.25) is 0 Å². The first-order chi connectivity index (χ1) is 15.5. The molecule has 1 aliphatic carbocycles. The molecule has 1 aromatic heterocycles. The summed E-state index contributed by atoms with van der Waals surface area (Å²) in [6.45, 7) is 2.59. The Balaban J connectivity index is 1.46. The van der Waals surface area contributed by atoms with Crippen molar-refractivity contribution in [3.05, 3.63) is 47.5 Å². The number of aryl methyl sites for hydroxylation is 1. The molecule has 2 aromatic rings. The molecule has 2 fully saturated rings. The number of hydrogen-bond acceptors (Lipinski definition) is 7. The van der Waals surface area contributed by atoms with E-state index < -0.39 is 12.5 Å². The lowest BCUT2D eigenvalue weighted by Gasteiger charge is -2.36. The van der Waals surface area contributed by atoms with Gasteiger partial charge in [0.15, 0.2) is 11.6 Å². The maximum absolute atomic E-state index is 11.9. The molecule has 2 N–H and O–H groups in total. The van der Waals surface area contributed by atoms with Crippen LogP contribution in [0.5, 0.6) is 5.75 Å². The number of nitrogens with zero attached hydrogens (tertiary/aromatic N) is 4. The first-order valence-corrected chi connectivity index (χ1v) is 11.0. The fourth-order valence-corrected chi connectivity index (χ4v) is 4.33. The number of piperidine rings is 1. The van der Waals surface area contributed by atoms with E-state index >= 15 is 0 Å². The molecule has 1 saturated carbocycles. The van der Waals surface area contributed by atoms with E-state index in [1.807, 2.05) is 5.94 Å². The summed E-state index contributed by atoms with van der Waals surface area (Å²) in [4.78, 5) is 34.9.